The smallest absolute Gasteiger partial charge is 0.244 e. The first-order valence-electron chi connectivity index (χ1n) is 7.94. The maximum atomic E-state index is 12.1. The highest BCUT2D eigenvalue weighted by Gasteiger charge is 2.07. The number of rotatable bonds is 5. The predicted octanol–water partition coefficient (Wildman–Crippen LogP) is 4.96. The number of nitrogens with one attached hydrogen (secondary N) is 1. The number of fused-ring (bicyclic) bond motifs is 1. The van der Waals surface area contributed by atoms with Gasteiger partial charge in [0.2, 0.25) is 5.91 Å². The highest BCUT2D eigenvalue weighted by atomic mass is 79.9. The van der Waals surface area contributed by atoms with E-state index in [0.717, 1.165) is 26.4 Å². The van der Waals surface area contributed by atoms with Crippen LogP contribution in [0.25, 0.3) is 16.8 Å². The zero-order chi connectivity index (χ0) is 17.5. The van der Waals surface area contributed by atoms with Gasteiger partial charge in [0, 0.05) is 10.7 Å². The van der Waals surface area contributed by atoms with Gasteiger partial charge in [-0.05, 0) is 34.0 Å². The summed E-state index contributed by atoms with van der Waals surface area (Å²) in [6.07, 6.45) is 5.58. The topological polar surface area (TPSA) is 41.5 Å². The molecule has 0 aliphatic heterocycles. The van der Waals surface area contributed by atoms with Crippen molar-refractivity contribution in [1.29, 1.82) is 0 Å². The van der Waals surface area contributed by atoms with E-state index in [1.165, 1.54) is 0 Å². The van der Waals surface area contributed by atoms with E-state index in [1.807, 2.05) is 72.8 Å². The van der Waals surface area contributed by atoms with Gasteiger partial charge in [0.05, 0.1) is 6.42 Å². The molecule has 0 saturated carbocycles. The molecule has 0 heterocycles. The Morgan fingerprint density at radius 1 is 0.960 bits per heavy atom. The Labute approximate surface area is 155 Å². The maximum Gasteiger partial charge on any atom is 0.244 e. The number of nitrogens with zero attached hydrogens (tertiary/aromatic N) is 1. The second kappa shape index (κ2) is 8.40. The van der Waals surface area contributed by atoms with Crippen LogP contribution in [0.3, 0.4) is 0 Å². The predicted molar refractivity (Wildman–Crippen MR) is 107 cm³/mol. The monoisotopic (exact) mass is 392 g/mol. The average molecular weight is 393 g/mol. The fourth-order valence-corrected chi connectivity index (χ4v) is 3.04. The van der Waals surface area contributed by atoms with Crippen molar-refractivity contribution in [3.63, 3.8) is 0 Å². The molecule has 0 aliphatic rings. The first-order valence-corrected chi connectivity index (χ1v) is 8.73. The minimum atomic E-state index is -0.142. The number of amides is 1. The van der Waals surface area contributed by atoms with Gasteiger partial charge in [0.25, 0.3) is 0 Å². The van der Waals surface area contributed by atoms with Crippen LogP contribution in [0.15, 0.2) is 82.4 Å². The molecule has 0 radical (unpaired) electrons. The third-order valence-corrected chi connectivity index (χ3v) is 4.44. The number of carbonyl (C=O) groups excluding carboxylic acids is 1. The fourth-order valence-electron chi connectivity index (χ4n) is 2.56. The van der Waals surface area contributed by atoms with Crippen LogP contribution in [-0.4, -0.2) is 12.1 Å². The summed E-state index contributed by atoms with van der Waals surface area (Å²) in [4.78, 5) is 12.1. The van der Waals surface area contributed by atoms with Gasteiger partial charge >= 0.3 is 0 Å². The van der Waals surface area contributed by atoms with E-state index < -0.39 is 0 Å². The molecule has 124 valence electrons. The highest BCUT2D eigenvalue weighted by molar-refractivity contribution is 9.10. The van der Waals surface area contributed by atoms with Crippen LogP contribution in [-0.2, 0) is 11.2 Å². The number of hydrogen-bond donors (Lipinski definition) is 1. The quantitative estimate of drug-likeness (QED) is 0.483. The molecule has 1 N–H and O–H groups in total. The normalized spacial score (nSPS) is 11.4. The largest absolute Gasteiger partial charge is 0.273 e. The molecule has 3 rings (SSSR count). The molecule has 3 aromatic carbocycles. The Bertz CT molecular complexity index is 933. The van der Waals surface area contributed by atoms with Crippen molar-refractivity contribution in [2.24, 2.45) is 5.10 Å². The zero-order valence-electron chi connectivity index (χ0n) is 13.5. The van der Waals surface area contributed by atoms with E-state index in [-0.39, 0.29) is 12.3 Å². The van der Waals surface area contributed by atoms with E-state index >= 15 is 0 Å². The van der Waals surface area contributed by atoms with Crippen LogP contribution in [0, 0.1) is 0 Å². The summed E-state index contributed by atoms with van der Waals surface area (Å²) in [5, 5.41) is 6.13. The Kier molecular flexibility index (Phi) is 5.75. The molecule has 0 spiro atoms. The molecule has 25 heavy (non-hydrogen) atoms. The van der Waals surface area contributed by atoms with Crippen LogP contribution in [0.1, 0.15) is 11.1 Å². The number of allylic oxidation sites excluding steroid dienone is 1. The Morgan fingerprint density at radius 2 is 1.68 bits per heavy atom. The molecule has 0 aromatic heterocycles. The molecule has 3 nitrogen and oxygen atoms in total. The van der Waals surface area contributed by atoms with Crippen LogP contribution in [0.2, 0.25) is 0 Å². The molecular formula is C21H17BrN2O. The Balaban J connectivity index is 1.61. The standard InChI is InChI=1S/C21H17BrN2O/c22-20-13-12-17(18-10-4-5-11-19(18)20)15-21(25)24-23-14-6-9-16-7-2-1-3-8-16/h1-14H,15H2,(H,24,25). The molecule has 0 unspecified atom stereocenters. The second-order valence-corrected chi connectivity index (χ2v) is 6.37. The van der Waals surface area contributed by atoms with Crippen LogP contribution < -0.4 is 5.43 Å². The van der Waals surface area contributed by atoms with E-state index in [1.54, 1.807) is 12.3 Å². The van der Waals surface area contributed by atoms with Crippen molar-refractivity contribution in [1.82, 2.24) is 5.43 Å². The summed E-state index contributed by atoms with van der Waals surface area (Å²) in [7, 11) is 0. The van der Waals surface area contributed by atoms with Crippen molar-refractivity contribution in [2.45, 2.75) is 6.42 Å². The molecule has 0 bridgehead atoms. The van der Waals surface area contributed by atoms with Crippen LogP contribution in [0.5, 0.6) is 0 Å². The van der Waals surface area contributed by atoms with Crippen molar-refractivity contribution < 1.29 is 4.79 Å². The van der Waals surface area contributed by atoms with Gasteiger partial charge in [-0.2, -0.15) is 5.10 Å². The van der Waals surface area contributed by atoms with Gasteiger partial charge in [-0.25, -0.2) is 5.43 Å². The Morgan fingerprint density at radius 3 is 2.48 bits per heavy atom. The average Bonchev–Trinajstić information content (AvgIpc) is 2.65. The van der Waals surface area contributed by atoms with E-state index in [4.69, 9.17) is 0 Å². The molecular weight excluding hydrogens is 376 g/mol. The summed E-state index contributed by atoms with van der Waals surface area (Å²) in [5.74, 6) is -0.142. The molecule has 0 fully saturated rings. The summed E-state index contributed by atoms with van der Waals surface area (Å²) in [6.45, 7) is 0. The van der Waals surface area contributed by atoms with Crippen molar-refractivity contribution in [3.05, 3.63) is 88.4 Å². The lowest BCUT2D eigenvalue weighted by Crippen LogP contribution is -2.19. The van der Waals surface area contributed by atoms with Crippen LogP contribution >= 0.6 is 15.9 Å². The van der Waals surface area contributed by atoms with E-state index in [2.05, 4.69) is 26.5 Å². The third-order valence-electron chi connectivity index (χ3n) is 3.75. The molecule has 4 heteroatoms. The summed E-state index contributed by atoms with van der Waals surface area (Å²) in [5.41, 5.74) is 4.63. The third kappa shape index (κ3) is 4.64. The molecule has 1 amide bonds. The lowest BCUT2D eigenvalue weighted by molar-refractivity contribution is -0.120. The number of hydrogen-bond acceptors (Lipinski definition) is 2. The summed E-state index contributed by atoms with van der Waals surface area (Å²) in [6, 6.07) is 21.9. The molecule has 0 atom stereocenters. The van der Waals surface area contributed by atoms with Crippen molar-refractivity contribution in [3.8, 4) is 0 Å². The number of carbonyl (C=O) groups is 1. The van der Waals surface area contributed by atoms with Gasteiger partial charge in [-0.1, -0.05) is 82.7 Å². The minimum absolute atomic E-state index is 0.142. The van der Waals surface area contributed by atoms with E-state index in [0.29, 0.717) is 0 Å². The Hall–Kier alpha value is -2.72. The van der Waals surface area contributed by atoms with Gasteiger partial charge < -0.3 is 0 Å². The summed E-state index contributed by atoms with van der Waals surface area (Å²) < 4.78 is 1.02. The minimum Gasteiger partial charge on any atom is -0.273 e. The zero-order valence-corrected chi connectivity index (χ0v) is 15.1. The lowest BCUT2D eigenvalue weighted by atomic mass is 10.0. The molecule has 0 aliphatic carbocycles. The van der Waals surface area contributed by atoms with Crippen molar-refractivity contribution in [2.75, 3.05) is 0 Å². The van der Waals surface area contributed by atoms with E-state index in [9.17, 15) is 4.79 Å². The first kappa shape index (κ1) is 17.1. The van der Waals surface area contributed by atoms with Gasteiger partial charge in [-0.3, -0.25) is 4.79 Å². The van der Waals surface area contributed by atoms with Gasteiger partial charge in [-0.15, -0.1) is 0 Å². The highest BCUT2D eigenvalue weighted by Crippen LogP contribution is 2.27. The summed E-state index contributed by atoms with van der Waals surface area (Å²) >= 11 is 3.54. The maximum absolute atomic E-state index is 12.1. The van der Waals surface area contributed by atoms with Crippen molar-refractivity contribution >= 4 is 44.9 Å². The van der Waals surface area contributed by atoms with Gasteiger partial charge in [0.1, 0.15) is 0 Å². The lowest BCUT2D eigenvalue weighted by Gasteiger charge is -2.07. The first-order chi connectivity index (χ1) is 12.2. The molecule has 3 aromatic rings. The number of benzene rings is 3. The second-order valence-electron chi connectivity index (χ2n) is 5.51. The number of halogens is 1. The SMILES string of the molecule is O=C(Cc1ccc(Br)c2ccccc12)NN=CC=Cc1ccccc1. The van der Waals surface area contributed by atoms with Crippen LogP contribution in [0.4, 0.5) is 0 Å². The fraction of sp³-hybridized carbons (Fsp3) is 0.0476. The number of hydrazone groups is 1. The van der Waals surface area contributed by atoms with Gasteiger partial charge in [0.15, 0.2) is 0 Å². The molecule has 0 saturated heterocycles.